The second-order valence-electron chi connectivity index (χ2n) is 5.43. The number of carbonyl (C=O) groups is 1. The van der Waals surface area contributed by atoms with Gasteiger partial charge in [0.15, 0.2) is 0 Å². The molecule has 1 N–H and O–H groups in total. The topological polar surface area (TPSA) is 38.3 Å². The van der Waals surface area contributed by atoms with E-state index in [2.05, 4.69) is 11.4 Å². The molecule has 0 spiro atoms. The van der Waals surface area contributed by atoms with Crippen molar-refractivity contribution in [3.05, 3.63) is 34.9 Å². The Kier molecular flexibility index (Phi) is 3.76. The summed E-state index contributed by atoms with van der Waals surface area (Å²) in [5.74, 6) is 0.607. The Morgan fingerprint density at radius 2 is 2.32 bits per heavy atom. The van der Waals surface area contributed by atoms with Gasteiger partial charge in [-0.1, -0.05) is 23.7 Å². The maximum absolute atomic E-state index is 12.1. The molecule has 3 unspecified atom stereocenters. The molecule has 1 saturated heterocycles. The van der Waals surface area contributed by atoms with Crippen LogP contribution in [0.5, 0.6) is 0 Å². The summed E-state index contributed by atoms with van der Waals surface area (Å²) < 4.78 is 5.35. The molecule has 3 nitrogen and oxygen atoms in total. The van der Waals surface area contributed by atoms with E-state index in [1.165, 1.54) is 5.56 Å². The fourth-order valence-corrected chi connectivity index (χ4v) is 2.91. The van der Waals surface area contributed by atoms with Crippen LogP contribution in [0.3, 0.4) is 0 Å². The number of halogens is 1. The first-order valence-electron chi connectivity index (χ1n) is 6.87. The zero-order chi connectivity index (χ0) is 13.2. The van der Waals surface area contributed by atoms with Crippen LogP contribution in [0.2, 0.25) is 5.02 Å². The SMILES string of the molecule is O=C(NC1CC1c1cccc(Cl)c1)C1CCCOC1. The molecule has 19 heavy (non-hydrogen) atoms. The lowest BCUT2D eigenvalue weighted by Gasteiger charge is -2.21. The third-order valence-electron chi connectivity index (χ3n) is 3.93. The predicted octanol–water partition coefficient (Wildman–Crippen LogP) is 2.74. The first-order valence-corrected chi connectivity index (χ1v) is 7.25. The minimum atomic E-state index is 0.0364. The number of benzene rings is 1. The van der Waals surface area contributed by atoms with Gasteiger partial charge in [-0.25, -0.2) is 0 Å². The average molecular weight is 280 g/mol. The van der Waals surface area contributed by atoms with Crippen LogP contribution in [0.1, 0.15) is 30.7 Å². The molecule has 1 aromatic carbocycles. The number of hydrogen-bond acceptors (Lipinski definition) is 2. The monoisotopic (exact) mass is 279 g/mol. The van der Waals surface area contributed by atoms with Gasteiger partial charge in [-0.3, -0.25) is 4.79 Å². The van der Waals surface area contributed by atoms with Gasteiger partial charge in [-0.05, 0) is 37.0 Å². The largest absolute Gasteiger partial charge is 0.381 e. The molecule has 4 heteroatoms. The Balaban J connectivity index is 1.54. The fourth-order valence-electron chi connectivity index (χ4n) is 2.71. The van der Waals surface area contributed by atoms with E-state index in [1.807, 2.05) is 18.2 Å². The van der Waals surface area contributed by atoms with E-state index in [4.69, 9.17) is 16.3 Å². The molecule has 0 radical (unpaired) electrons. The highest BCUT2D eigenvalue weighted by Crippen LogP contribution is 2.41. The van der Waals surface area contributed by atoms with Gasteiger partial charge in [0.1, 0.15) is 0 Å². The van der Waals surface area contributed by atoms with Gasteiger partial charge in [0.2, 0.25) is 5.91 Å². The average Bonchev–Trinajstić information content (AvgIpc) is 3.19. The summed E-state index contributed by atoms with van der Waals surface area (Å²) >= 11 is 5.99. The molecule has 3 rings (SSSR count). The Hall–Kier alpha value is -1.06. The summed E-state index contributed by atoms with van der Waals surface area (Å²) in [6.45, 7) is 1.36. The van der Waals surface area contributed by atoms with Gasteiger partial charge in [0.25, 0.3) is 0 Å². The smallest absolute Gasteiger partial charge is 0.225 e. The number of ether oxygens (including phenoxy) is 1. The highest BCUT2D eigenvalue weighted by molar-refractivity contribution is 6.30. The molecule has 0 aromatic heterocycles. The number of rotatable bonds is 3. The van der Waals surface area contributed by atoms with E-state index in [0.29, 0.717) is 12.5 Å². The summed E-state index contributed by atoms with van der Waals surface area (Å²) in [5, 5.41) is 3.89. The summed E-state index contributed by atoms with van der Waals surface area (Å²) in [7, 11) is 0. The molecule has 0 bridgehead atoms. The van der Waals surface area contributed by atoms with Crippen LogP contribution < -0.4 is 5.32 Å². The van der Waals surface area contributed by atoms with Crippen molar-refractivity contribution in [2.24, 2.45) is 5.92 Å². The third-order valence-corrected chi connectivity index (χ3v) is 4.16. The van der Waals surface area contributed by atoms with E-state index < -0.39 is 0 Å². The van der Waals surface area contributed by atoms with Crippen LogP contribution in [0.4, 0.5) is 0 Å². The molecule has 1 aromatic rings. The lowest BCUT2D eigenvalue weighted by atomic mass is 10.0. The lowest BCUT2D eigenvalue weighted by Crippen LogP contribution is -2.37. The highest BCUT2D eigenvalue weighted by Gasteiger charge is 2.40. The Morgan fingerprint density at radius 3 is 3.05 bits per heavy atom. The van der Waals surface area contributed by atoms with E-state index >= 15 is 0 Å². The molecule has 1 amide bonds. The molecule has 2 fully saturated rings. The molecular formula is C15H18ClNO2. The zero-order valence-electron chi connectivity index (χ0n) is 10.8. The van der Waals surface area contributed by atoms with E-state index in [-0.39, 0.29) is 17.9 Å². The van der Waals surface area contributed by atoms with Gasteiger partial charge < -0.3 is 10.1 Å². The maximum atomic E-state index is 12.1. The van der Waals surface area contributed by atoms with Crippen molar-refractivity contribution in [2.75, 3.05) is 13.2 Å². The fraction of sp³-hybridized carbons (Fsp3) is 0.533. The molecule has 1 saturated carbocycles. The number of nitrogens with one attached hydrogen (secondary N) is 1. The van der Waals surface area contributed by atoms with Crippen LogP contribution in [-0.2, 0) is 9.53 Å². The van der Waals surface area contributed by atoms with Gasteiger partial charge in [-0.15, -0.1) is 0 Å². The second-order valence-corrected chi connectivity index (χ2v) is 5.86. The summed E-state index contributed by atoms with van der Waals surface area (Å²) in [6, 6.07) is 8.17. The third kappa shape index (κ3) is 3.10. The molecule has 3 atom stereocenters. The summed E-state index contributed by atoms with van der Waals surface area (Å²) in [4.78, 5) is 12.1. The van der Waals surface area contributed by atoms with Gasteiger partial charge in [0, 0.05) is 23.6 Å². The van der Waals surface area contributed by atoms with Crippen molar-refractivity contribution < 1.29 is 9.53 Å². The molecule has 1 heterocycles. The minimum absolute atomic E-state index is 0.0364. The van der Waals surface area contributed by atoms with E-state index in [1.54, 1.807) is 0 Å². The quantitative estimate of drug-likeness (QED) is 0.924. The van der Waals surface area contributed by atoms with Crippen LogP contribution in [-0.4, -0.2) is 25.2 Å². The summed E-state index contributed by atoms with van der Waals surface area (Å²) in [5.41, 5.74) is 1.22. The lowest BCUT2D eigenvalue weighted by molar-refractivity contribution is -0.129. The molecular weight excluding hydrogens is 262 g/mol. The normalized spacial score (nSPS) is 29.8. The Labute approximate surface area is 118 Å². The van der Waals surface area contributed by atoms with Crippen LogP contribution in [0.15, 0.2) is 24.3 Å². The maximum Gasteiger partial charge on any atom is 0.225 e. The van der Waals surface area contributed by atoms with E-state index in [9.17, 15) is 4.79 Å². The van der Waals surface area contributed by atoms with Crippen LogP contribution in [0.25, 0.3) is 0 Å². The molecule has 2 aliphatic rings. The summed E-state index contributed by atoms with van der Waals surface area (Å²) in [6.07, 6.45) is 2.94. The first-order chi connectivity index (χ1) is 9.24. The van der Waals surface area contributed by atoms with Gasteiger partial charge in [0.05, 0.1) is 12.5 Å². The van der Waals surface area contributed by atoms with Crippen molar-refractivity contribution in [1.29, 1.82) is 0 Å². The molecule has 102 valence electrons. The van der Waals surface area contributed by atoms with Crippen molar-refractivity contribution in [3.8, 4) is 0 Å². The predicted molar refractivity (Wildman–Crippen MR) is 74.3 cm³/mol. The van der Waals surface area contributed by atoms with E-state index in [0.717, 1.165) is 30.9 Å². The van der Waals surface area contributed by atoms with Crippen molar-refractivity contribution in [3.63, 3.8) is 0 Å². The zero-order valence-corrected chi connectivity index (χ0v) is 11.5. The van der Waals surface area contributed by atoms with Crippen LogP contribution in [0, 0.1) is 5.92 Å². The van der Waals surface area contributed by atoms with Crippen LogP contribution >= 0.6 is 11.6 Å². The number of hydrogen-bond donors (Lipinski definition) is 1. The first kappa shape index (κ1) is 12.9. The minimum Gasteiger partial charge on any atom is -0.381 e. The van der Waals surface area contributed by atoms with Gasteiger partial charge in [-0.2, -0.15) is 0 Å². The highest BCUT2D eigenvalue weighted by atomic mass is 35.5. The van der Waals surface area contributed by atoms with Crippen molar-refractivity contribution in [1.82, 2.24) is 5.32 Å². The molecule has 1 aliphatic carbocycles. The Morgan fingerprint density at radius 1 is 1.42 bits per heavy atom. The van der Waals surface area contributed by atoms with Crippen molar-refractivity contribution >= 4 is 17.5 Å². The van der Waals surface area contributed by atoms with Crippen molar-refractivity contribution in [2.45, 2.75) is 31.2 Å². The van der Waals surface area contributed by atoms with Gasteiger partial charge >= 0.3 is 0 Å². The molecule has 1 aliphatic heterocycles. The number of carbonyl (C=O) groups excluding carboxylic acids is 1. The standard InChI is InChI=1S/C15H18ClNO2/c16-12-5-1-3-10(7-12)13-8-14(13)17-15(18)11-4-2-6-19-9-11/h1,3,5,7,11,13-14H,2,4,6,8-9H2,(H,17,18). The number of amides is 1. The Bertz CT molecular complexity index is 471. The second kappa shape index (κ2) is 5.51.